The van der Waals surface area contributed by atoms with Crippen LogP contribution in [0.1, 0.15) is 5.56 Å². The van der Waals surface area contributed by atoms with Crippen molar-refractivity contribution in [2.24, 2.45) is 0 Å². The maximum Gasteiger partial charge on any atom is 0.240 e. The van der Waals surface area contributed by atoms with E-state index in [1.54, 1.807) is 12.1 Å². The molecule has 0 heterocycles. The first-order chi connectivity index (χ1) is 6.92. The van der Waals surface area contributed by atoms with E-state index < -0.39 is 15.0 Å². The van der Waals surface area contributed by atoms with Crippen LogP contribution in [0.15, 0.2) is 29.2 Å². The summed E-state index contributed by atoms with van der Waals surface area (Å²) in [6, 6.07) is 6.49. The molecule has 0 spiro atoms. The Morgan fingerprint density at radius 1 is 1.40 bits per heavy atom. The molecule has 0 aliphatic carbocycles. The highest BCUT2D eigenvalue weighted by Crippen LogP contribution is 2.09. The van der Waals surface area contributed by atoms with Crippen LogP contribution in [-0.4, -0.2) is 25.1 Å². The number of alkyl halides is 1. The van der Waals surface area contributed by atoms with Crippen molar-refractivity contribution in [2.75, 3.05) is 6.54 Å². The Hall–Kier alpha value is -0.430. The lowest BCUT2D eigenvalue weighted by molar-refractivity contribution is 0.273. The number of halogens is 1. The molecular weight excluding hydrogens is 282 g/mol. The van der Waals surface area contributed by atoms with E-state index in [-0.39, 0.29) is 11.4 Å². The molecule has 1 aromatic rings. The fraction of sp³-hybridized carbons (Fsp3) is 0.333. The zero-order valence-corrected chi connectivity index (χ0v) is 10.5. The number of sulfonamides is 1. The lowest BCUT2D eigenvalue weighted by Gasteiger charge is -2.07. The minimum Gasteiger partial charge on any atom is -0.380 e. The van der Waals surface area contributed by atoms with Crippen molar-refractivity contribution < 1.29 is 13.5 Å². The predicted molar refractivity (Wildman–Crippen MR) is 61.3 cm³/mol. The minimum absolute atomic E-state index is 0.0593. The molecule has 15 heavy (non-hydrogen) atoms. The highest BCUT2D eigenvalue weighted by atomic mass is 79.9. The van der Waals surface area contributed by atoms with Crippen molar-refractivity contribution in [1.82, 2.24) is 4.72 Å². The van der Waals surface area contributed by atoms with Gasteiger partial charge in [-0.25, -0.2) is 13.1 Å². The number of benzene rings is 1. The second kappa shape index (κ2) is 5.07. The molecule has 0 aliphatic heterocycles. The number of hydrogen-bond donors (Lipinski definition) is 2. The van der Waals surface area contributed by atoms with Gasteiger partial charge in [0.15, 0.2) is 0 Å². The third kappa shape index (κ3) is 3.90. The summed E-state index contributed by atoms with van der Waals surface area (Å²) in [4.78, 5) is 0.196. The Labute approximate surface area is 97.5 Å². The lowest BCUT2D eigenvalue weighted by Crippen LogP contribution is -2.29. The number of aryl methyl sites for hydroxylation is 1. The van der Waals surface area contributed by atoms with E-state index >= 15 is 0 Å². The van der Waals surface area contributed by atoms with Gasteiger partial charge in [0.1, 0.15) is 5.01 Å². The SMILES string of the molecule is Cc1ccc(S(=O)(=O)NCC(O)Br)cc1. The summed E-state index contributed by atoms with van der Waals surface area (Å²) in [5, 5.41) is 8.02. The maximum absolute atomic E-state index is 11.6. The minimum atomic E-state index is -3.51. The van der Waals surface area contributed by atoms with E-state index in [1.807, 2.05) is 6.92 Å². The van der Waals surface area contributed by atoms with Gasteiger partial charge in [0.25, 0.3) is 0 Å². The Morgan fingerprint density at radius 2 is 1.93 bits per heavy atom. The van der Waals surface area contributed by atoms with Gasteiger partial charge in [-0.2, -0.15) is 0 Å². The third-order valence-corrected chi connectivity index (χ3v) is 3.54. The molecule has 1 rings (SSSR count). The smallest absolute Gasteiger partial charge is 0.240 e. The first-order valence-electron chi connectivity index (χ1n) is 4.30. The Balaban J connectivity index is 2.82. The van der Waals surface area contributed by atoms with Gasteiger partial charge in [0.05, 0.1) is 4.90 Å². The van der Waals surface area contributed by atoms with E-state index in [0.29, 0.717) is 0 Å². The molecule has 4 nitrogen and oxygen atoms in total. The second-order valence-corrected chi connectivity index (χ2v) is 5.92. The average Bonchev–Trinajstić information content (AvgIpc) is 2.16. The standard InChI is InChI=1S/C9H12BrNO3S/c1-7-2-4-8(5-3-7)15(13,14)11-6-9(10)12/h2-5,9,11-12H,6H2,1H3. The van der Waals surface area contributed by atoms with Gasteiger partial charge in [0.2, 0.25) is 10.0 Å². The third-order valence-electron chi connectivity index (χ3n) is 1.77. The molecule has 84 valence electrons. The molecule has 1 atom stereocenters. The highest BCUT2D eigenvalue weighted by molar-refractivity contribution is 9.09. The number of aliphatic hydroxyl groups is 1. The van der Waals surface area contributed by atoms with Gasteiger partial charge in [-0.05, 0) is 19.1 Å². The summed E-state index contributed by atoms with van der Waals surface area (Å²) in [6.45, 7) is 1.82. The summed E-state index contributed by atoms with van der Waals surface area (Å²) >= 11 is 2.84. The Kier molecular flexibility index (Phi) is 4.27. The van der Waals surface area contributed by atoms with Crippen LogP contribution in [0.2, 0.25) is 0 Å². The van der Waals surface area contributed by atoms with Gasteiger partial charge in [-0.1, -0.05) is 33.6 Å². The molecular formula is C9H12BrNO3S. The van der Waals surface area contributed by atoms with Crippen molar-refractivity contribution in [2.45, 2.75) is 16.8 Å². The normalized spacial score (nSPS) is 13.8. The molecule has 0 amide bonds. The summed E-state index contributed by atoms with van der Waals surface area (Å²) in [5.41, 5.74) is 0.995. The summed E-state index contributed by atoms with van der Waals surface area (Å²) in [6.07, 6.45) is 0. The molecule has 1 aromatic carbocycles. The first kappa shape index (κ1) is 12.6. The van der Waals surface area contributed by atoms with Crippen LogP contribution in [0.25, 0.3) is 0 Å². The zero-order chi connectivity index (χ0) is 11.5. The van der Waals surface area contributed by atoms with Gasteiger partial charge >= 0.3 is 0 Å². The summed E-state index contributed by atoms with van der Waals surface area (Å²) < 4.78 is 25.5. The molecule has 6 heteroatoms. The number of nitrogens with one attached hydrogen (secondary N) is 1. The van der Waals surface area contributed by atoms with E-state index in [9.17, 15) is 8.42 Å². The van der Waals surface area contributed by atoms with Crippen molar-refractivity contribution in [3.63, 3.8) is 0 Å². The number of hydrogen-bond acceptors (Lipinski definition) is 3. The van der Waals surface area contributed by atoms with E-state index in [4.69, 9.17) is 5.11 Å². The fourth-order valence-electron chi connectivity index (χ4n) is 0.979. The first-order valence-corrected chi connectivity index (χ1v) is 6.70. The number of aliphatic hydroxyl groups excluding tert-OH is 1. The Morgan fingerprint density at radius 3 is 2.40 bits per heavy atom. The molecule has 1 unspecified atom stereocenters. The fourth-order valence-corrected chi connectivity index (χ4v) is 2.39. The van der Waals surface area contributed by atoms with Crippen LogP contribution < -0.4 is 4.72 Å². The van der Waals surface area contributed by atoms with Crippen molar-refractivity contribution >= 4 is 26.0 Å². The molecule has 0 saturated heterocycles. The molecule has 0 fully saturated rings. The van der Waals surface area contributed by atoms with Gasteiger partial charge in [-0.3, -0.25) is 0 Å². The van der Waals surface area contributed by atoms with Gasteiger partial charge in [-0.15, -0.1) is 0 Å². The van der Waals surface area contributed by atoms with Crippen LogP contribution >= 0.6 is 15.9 Å². The number of rotatable bonds is 4. The molecule has 0 saturated carbocycles. The largest absolute Gasteiger partial charge is 0.380 e. The van der Waals surface area contributed by atoms with Crippen molar-refractivity contribution in [3.05, 3.63) is 29.8 Å². The van der Waals surface area contributed by atoms with Crippen LogP contribution in [0.4, 0.5) is 0 Å². The molecule has 0 aromatic heterocycles. The van der Waals surface area contributed by atoms with Crippen molar-refractivity contribution in [3.8, 4) is 0 Å². The van der Waals surface area contributed by atoms with Gasteiger partial charge < -0.3 is 5.11 Å². The molecule has 0 bridgehead atoms. The van der Waals surface area contributed by atoms with Gasteiger partial charge in [0, 0.05) is 6.54 Å². The predicted octanol–water partition coefficient (Wildman–Crippen LogP) is 0.987. The van der Waals surface area contributed by atoms with Crippen LogP contribution in [0, 0.1) is 6.92 Å². The van der Waals surface area contributed by atoms with Crippen molar-refractivity contribution in [1.29, 1.82) is 0 Å². The molecule has 2 N–H and O–H groups in total. The van der Waals surface area contributed by atoms with E-state index in [1.165, 1.54) is 12.1 Å². The quantitative estimate of drug-likeness (QED) is 0.814. The summed E-state index contributed by atoms with van der Waals surface area (Å²) in [7, 11) is -3.51. The van der Waals surface area contributed by atoms with Crippen LogP contribution in [-0.2, 0) is 10.0 Å². The zero-order valence-electron chi connectivity index (χ0n) is 8.14. The molecule has 0 radical (unpaired) electrons. The van der Waals surface area contributed by atoms with Crippen LogP contribution in [0.3, 0.4) is 0 Å². The monoisotopic (exact) mass is 293 g/mol. The maximum atomic E-state index is 11.6. The topological polar surface area (TPSA) is 66.4 Å². The van der Waals surface area contributed by atoms with E-state index in [0.717, 1.165) is 5.56 Å². The summed E-state index contributed by atoms with van der Waals surface area (Å²) in [5.74, 6) is 0. The average molecular weight is 294 g/mol. The highest BCUT2D eigenvalue weighted by Gasteiger charge is 2.13. The van der Waals surface area contributed by atoms with E-state index in [2.05, 4.69) is 20.7 Å². The molecule has 0 aliphatic rings. The van der Waals surface area contributed by atoms with Crippen LogP contribution in [0.5, 0.6) is 0 Å². The second-order valence-electron chi connectivity index (χ2n) is 3.10. The Bertz CT molecular complexity index is 413. The lowest BCUT2D eigenvalue weighted by atomic mass is 10.2.